The number of nitrogens with zero attached hydrogens (tertiary/aromatic N) is 1. The van der Waals surface area contributed by atoms with Crippen LogP contribution in [0, 0.1) is 11.8 Å². The van der Waals surface area contributed by atoms with Gasteiger partial charge in [0.05, 0.1) is 45.0 Å². The zero-order valence-corrected chi connectivity index (χ0v) is 69.9. The number of halogens is 3. The number of carbonyl (C=O) groups excluding carboxylic acids is 7. The number of nitrogens with two attached hydrogens (primary N) is 1. The second-order valence-electron chi connectivity index (χ2n) is 31.3. The molecule has 37 heteroatoms. The molecule has 2 fully saturated rings. The van der Waals surface area contributed by atoms with E-state index >= 15 is 19.2 Å². The minimum absolute atomic E-state index is 0.0434. The smallest absolute Gasteiger partial charge is 0.330 e. The number of aliphatic hydroxyl groups is 5. The molecule has 7 aliphatic heterocycles. The summed E-state index contributed by atoms with van der Waals surface area (Å²) in [4.78, 5) is 123. The van der Waals surface area contributed by atoms with E-state index in [4.69, 9.17) is 73.9 Å². The third kappa shape index (κ3) is 20.7. The molecule has 0 saturated carbocycles. The van der Waals surface area contributed by atoms with Crippen LogP contribution in [0.2, 0.25) is 15.1 Å². The van der Waals surface area contributed by atoms with Crippen LogP contribution in [-0.4, -0.2) is 183 Å². The Morgan fingerprint density at radius 1 is 0.692 bits per heavy atom. The number of amides is 7. The predicted molar refractivity (Wildman–Crippen MR) is 440 cm³/mol. The molecule has 8 heterocycles. The number of rotatable bonds is 24. The number of carboxylic acid groups (broad SMARTS) is 1. The van der Waals surface area contributed by atoms with E-state index in [9.17, 15) is 65.1 Å². The maximum absolute atomic E-state index is 16.3. The molecule has 6 aromatic carbocycles. The van der Waals surface area contributed by atoms with Gasteiger partial charge in [-0.2, -0.15) is 0 Å². The average molecular weight is 1760 g/mol. The highest BCUT2D eigenvalue weighted by Crippen LogP contribution is 2.51. The van der Waals surface area contributed by atoms with Crippen LogP contribution in [-0.2, 0) is 52.6 Å². The van der Waals surface area contributed by atoms with E-state index in [1.54, 1.807) is 39.0 Å². The van der Waals surface area contributed by atoms with Crippen molar-refractivity contribution in [3.8, 4) is 57.1 Å². The number of benzene rings is 6. The predicted octanol–water partition coefficient (Wildman–Crippen LogP) is 8.99. The lowest BCUT2D eigenvalue weighted by atomic mass is 9.85. The van der Waals surface area contributed by atoms with E-state index in [-0.39, 0.29) is 51.3 Å². The van der Waals surface area contributed by atoms with Crippen molar-refractivity contribution in [1.82, 2.24) is 42.2 Å². The number of primary amides is 1. The number of aromatic nitrogens is 1. The number of phenols is 3. The SMILES string of the molecule is CCCCCCCCCCNC1(C)CC(OC2C(Oc3c4cc5cc3Oc3ccc(cc3Cl)[C@@H](O)[C@@H](NC(=O)[C@H](C)CC(C)C)C(=O)N[C@@H](CC(N)=O)C(=O)N[C@H]5C(=O)NC3C(=O)N[C@H](C(=O)N[C@@H](C(=O)O)c5cc(O)cc(O)c5-c5cc3ccc5O)[C@H](O)c3ccc(c(Cl)c3)O4)OC(CSc3nc4cc(Cl)ccc4s3)C(O)C2O)OC(C)C1O. The number of hydrogen-bond acceptors (Lipinski definition) is 26. The first-order chi connectivity index (χ1) is 57.1. The standard InChI is InChI=1S/C83H96Cl3N9O23S2/c1-7-8-9-10-11-12-13-14-23-88-83(6)34-60(113-38(5)73(83)104)117-72-70(103)69(102)57(35-119-82-90-49-30-43(84)18-22-58(49)120-82)116-81(72)118-71-55-28-42-29-56(71)115-54-21-17-41(27-48(54)86)68(101)66-79(110)93-64(80(111)112)46-31-44(96)32-52(98)61(46)45-25-39(15-19-51(45)97)62(76(107)95-66)92-77(108)63(42)91-75(106)50(33-59(87)99)89-78(109)65(94-74(105)37(4)24-36(2)3)67(100)40-16-20-53(114-55)47(85)26-40/h15-22,25-32,36-38,50,57,60,62-70,72-73,81,88,96-98,100-104H,7-14,23-24,33-35H2,1-6H3,(H2,87,99)(H,89,109)(H,91,106)(H,92,108)(H,93,110)(H,94,105)(H,95,107)(H,111,112)/t37-,38?,50+,57?,60?,62?,63-,64-,65-,66+,67-,68-,69?,70?,72?,73?,81?,83?/m1/s1. The lowest BCUT2D eigenvalue weighted by Crippen LogP contribution is -2.65. The highest BCUT2D eigenvalue weighted by molar-refractivity contribution is 8.01. The quantitative estimate of drug-likeness (QED) is 0.0198. The summed E-state index contributed by atoms with van der Waals surface area (Å²) in [6.07, 6.45) is -9.02. The minimum atomic E-state index is -2.34. The van der Waals surface area contributed by atoms with Crippen molar-refractivity contribution >= 4 is 115 Å². The molecule has 10 unspecified atom stereocenters. The van der Waals surface area contributed by atoms with E-state index in [1.807, 2.05) is 13.8 Å². The molecule has 7 amide bonds. The van der Waals surface area contributed by atoms with Crippen LogP contribution in [0.15, 0.2) is 101 Å². The first kappa shape index (κ1) is 89.9. The van der Waals surface area contributed by atoms with E-state index < -0.39 is 225 Å². The zero-order valence-electron chi connectivity index (χ0n) is 66.0. The van der Waals surface area contributed by atoms with Crippen molar-refractivity contribution < 1.29 is 113 Å². The van der Waals surface area contributed by atoms with Gasteiger partial charge in [0, 0.05) is 51.4 Å². The number of aromatic hydroxyl groups is 3. The van der Waals surface area contributed by atoms with Crippen LogP contribution in [0.3, 0.4) is 0 Å². The van der Waals surface area contributed by atoms with E-state index in [0.717, 1.165) is 110 Å². The van der Waals surface area contributed by atoms with Gasteiger partial charge in [0.25, 0.3) is 0 Å². The summed E-state index contributed by atoms with van der Waals surface area (Å²) in [7, 11) is 0. The molecule has 1 aromatic heterocycles. The molecule has 32 nitrogen and oxygen atoms in total. The van der Waals surface area contributed by atoms with Gasteiger partial charge < -0.3 is 117 Å². The van der Waals surface area contributed by atoms with Crippen LogP contribution in [0.25, 0.3) is 21.3 Å². The Balaban J connectivity index is 1.06. The molecular formula is C83H96Cl3N9O23S2. The summed E-state index contributed by atoms with van der Waals surface area (Å²) >= 11 is 23.3. The molecule has 18 N–H and O–H groups in total. The molecule has 0 radical (unpaired) electrons. The Hall–Kier alpha value is -9.37. The molecular weight excluding hydrogens is 1660 g/mol. The average Bonchev–Trinajstić information content (AvgIpc) is 0.790. The largest absolute Gasteiger partial charge is 0.508 e. The maximum Gasteiger partial charge on any atom is 0.330 e. The first-order valence-electron chi connectivity index (χ1n) is 39.4. The van der Waals surface area contributed by atoms with E-state index in [0.29, 0.717) is 27.8 Å². The summed E-state index contributed by atoms with van der Waals surface area (Å²) < 4.78 is 42.1. The van der Waals surface area contributed by atoms with Gasteiger partial charge in [-0.25, -0.2) is 9.78 Å². The van der Waals surface area contributed by atoms with Gasteiger partial charge in [-0.15, -0.1) is 11.3 Å². The third-order valence-corrected chi connectivity index (χ3v) is 24.8. The van der Waals surface area contributed by atoms with E-state index in [2.05, 4.69) is 44.1 Å². The first-order valence-corrected chi connectivity index (χ1v) is 42.3. The summed E-state index contributed by atoms with van der Waals surface area (Å²) in [6, 6.07) is 6.11. The van der Waals surface area contributed by atoms with Crippen molar-refractivity contribution in [3.63, 3.8) is 0 Å². The Morgan fingerprint density at radius 3 is 1.98 bits per heavy atom. The highest BCUT2D eigenvalue weighted by Gasteiger charge is 2.52. The second kappa shape index (κ2) is 38.8. The maximum atomic E-state index is 16.3. The third-order valence-electron chi connectivity index (χ3n) is 21.7. The van der Waals surface area contributed by atoms with Gasteiger partial charge in [0.15, 0.2) is 34.3 Å². The number of unbranched alkanes of at least 4 members (excludes halogenated alkanes) is 7. The van der Waals surface area contributed by atoms with Crippen molar-refractivity contribution in [3.05, 3.63) is 140 Å². The lowest BCUT2D eigenvalue weighted by Gasteiger charge is -2.48. The van der Waals surface area contributed by atoms with Crippen LogP contribution >= 0.6 is 57.9 Å². The van der Waals surface area contributed by atoms with Gasteiger partial charge in [0.2, 0.25) is 53.4 Å². The van der Waals surface area contributed by atoms with Crippen LogP contribution in [0.5, 0.6) is 46.0 Å². The molecule has 7 aliphatic rings. The Labute approximate surface area is 712 Å². The monoisotopic (exact) mass is 1760 g/mol. The Kier molecular flexibility index (Phi) is 29.1. The molecule has 120 heavy (non-hydrogen) atoms. The fourth-order valence-electron chi connectivity index (χ4n) is 15.4. The number of phenolic OH excluding ortho intramolecular Hbond substituents is 3. The summed E-state index contributed by atoms with van der Waals surface area (Å²) in [5.74, 6) is -16.3. The molecule has 0 spiro atoms. The lowest BCUT2D eigenvalue weighted by molar-refractivity contribution is -0.330. The van der Waals surface area contributed by atoms with Gasteiger partial charge in [-0.3, -0.25) is 33.6 Å². The molecule has 7 aromatic rings. The number of fused-ring (bicyclic) bond motifs is 16. The highest BCUT2D eigenvalue weighted by atomic mass is 35.5. The number of thiazole rings is 1. The fraction of sp³-hybridized carbons (Fsp3) is 0.458. The summed E-state index contributed by atoms with van der Waals surface area (Å²) in [5, 5.41) is 125. The zero-order chi connectivity index (χ0) is 86.5. The molecule has 644 valence electrons. The molecule has 18 atom stereocenters. The van der Waals surface area contributed by atoms with E-state index in [1.165, 1.54) is 48.1 Å². The van der Waals surface area contributed by atoms with Crippen LogP contribution in [0.4, 0.5) is 0 Å². The van der Waals surface area contributed by atoms with Crippen molar-refractivity contribution in [2.75, 3.05) is 12.3 Å². The number of carboxylic acids is 1. The van der Waals surface area contributed by atoms with Crippen molar-refractivity contribution in [2.45, 2.75) is 220 Å². The Bertz CT molecular complexity index is 5010. The summed E-state index contributed by atoms with van der Waals surface area (Å²) in [6.45, 7) is 11.4. The fourth-order valence-corrected chi connectivity index (χ4v) is 18.1. The number of carbonyl (C=O) groups is 8. The number of aliphatic hydroxyl groups excluding tert-OH is 5. The van der Waals surface area contributed by atoms with Crippen LogP contribution < -0.4 is 57.2 Å². The van der Waals surface area contributed by atoms with Crippen molar-refractivity contribution in [2.24, 2.45) is 17.6 Å². The minimum Gasteiger partial charge on any atom is -0.508 e. The number of ether oxygens (including phenoxy) is 6. The number of nitrogens with one attached hydrogen (secondary N) is 7. The molecule has 0 aliphatic carbocycles. The van der Waals surface area contributed by atoms with Gasteiger partial charge in [-0.05, 0) is 134 Å². The normalized spacial score (nSPS) is 26.7. The second-order valence-corrected chi connectivity index (χ2v) is 34.9. The molecule has 14 rings (SSSR count). The van der Waals surface area contributed by atoms with Crippen LogP contribution in [0.1, 0.15) is 170 Å². The van der Waals surface area contributed by atoms with Crippen molar-refractivity contribution in [1.29, 1.82) is 0 Å². The topological polar surface area (TPSA) is 497 Å². The number of hydrogen-bond donors (Lipinski definition) is 17. The number of aliphatic carboxylic acids is 1. The molecule has 2 saturated heterocycles. The molecule has 11 bridgehead atoms. The number of thioether (sulfide) groups is 1. The van der Waals surface area contributed by atoms with Gasteiger partial charge in [0.1, 0.15) is 83.4 Å². The summed E-state index contributed by atoms with van der Waals surface area (Å²) in [5.41, 5.74) is 2.60. The Morgan fingerprint density at radius 2 is 1.32 bits per heavy atom. The van der Waals surface area contributed by atoms with Gasteiger partial charge >= 0.3 is 5.97 Å². The van der Waals surface area contributed by atoms with Gasteiger partial charge in [-0.1, -0.05) is 137 Å².